The van der Waals surface area contributed by atoms with E-state index >= 15 is 0 Å². The molecule has 78 valence electrons. The van der Waals surface area contributed by atoms with Crippen molar-refractivity contribution in [3.05, 3.63) is 0 Å². The topological polar surface area (TPSA) is 32.3 Å². The monoisotopic (exact) mass is 185 g/mol. The lowest BCUT2D eigenvalue weighted by molar-refractivity contribution is 0.111. The molecule has 0 spiro atoms. The summed E-state index contributed by atoms with van der Waals surface area (Å²) in [5.74, 6) is 2.07. The fourth-order valence-electron chi connectivity index (χ4n) is 2.49. The maximum atomic E-state index is 9.25. The van der Waals surface area contributed by atoms with E-state index in [2.05, 4.69) is 19.2 Å². The van der Waals surface area contributed by atoms with E-state index in [1.54, 1.807) is 0 Å². The van der Waals surface area contributed by atoms with Gasteiger partial charge in [0.25, 0.3) is 0 Å². The Morgan fingerprint density at radius 3 is 2.54 bits per heavy atom. The molecule has 0 saturated heterocycles. The van der Waals surface area contributed by atoms with Gasteiger partial charge in [-0.25, -0.2) is 0 Å². The van der Waals surface area contributed by atoms with E-state index in [0.717, 1.165) is 11.8 Å². The average molecular weight is 185 g/mol. The van der Waals surface area contributed by atoms with Crippen molar-refractivity contribution in [2.45, 2.75) is 39.2 Å². The van der Waals surface area contributed by atoms with Crippen LogP contribution in [0.25, 0.3) is 0 Å². The van der Waals surface area contributed by atoms with Crippen LogP contribution in [-0.2, 0) is 0 Å². The Bertz CT molecular complexity index is 147. The van der Waals surface area contributed by atoms with Crippen LogP contribution in [0.15, 0.2) is 0 Å². The number of hydrogen-bond acceptors (Lipinski definition) is 2. The Kier molecular flexibility index (Phi) is 4.20. The van der Waals surface area contributed by atoms with Gasteiger partial charge in [0, 0.05) is 12.6 Å². The van der Waals surface area contributed by atoms with Gasteiger partial charge in [-0.05, 0) is 44.1 Å². The summed E-state index contributed by atoms with van der Waals surface area (Å²) in [5.41, 5.74) is 0. The highest BCUT2D eigenvalue weighted by molar-refractivity contribution is 4.84. The SMILES string of the molecule is CNC1CCC(C(C)C)CC1CO. The normalized spacial score (nSPS) is 35.3. The molecule has 3 atom stereocenters. The molecule has 2 N–H and O–H groups in total. The minimum atomic E-state index is 0.342. The van der Waals surface area contributed by atoms with Gasteiger partial charge in [0.15, 0.2) is 0 Å². The lowest BCUT2D eigenvalue weighted by Crippen LogP contribution is -2.41. The zero-order valence-corrected chi connectivity index (χ0v) is 9.09. The highest BCUT2D eigenvalue weighted by atomic mass is 16.3. The first-order valence-electron chi connectivity index (χ1n) is 5.47. The lowest BCUT2D eigenvalue weighted by atomic mass is 9.74. The summed E-state index contributed by atoms with van der Waals surface area (Å²) in [5, 5.41) is 12.6. The molecular formula is C11H23NO. The molecule has 1 saturated carbocycles. The average Bonchev–Trinajstić information content (AvgIpc) is 2.16. The maximum absolute atomic E-state index is 9.25. The van der Waals surface area contributed by atoms with Crippen LogP contribution in [0.5, 0.6) is 0 Å². The summed E-state index contributed by atoms with van der Waals surface area (Å²) in [6, 6.07) is 0.542. The molecule has 2 nitrogen and oxygen atoms in total. The van der Waals surface area contributed by atoms with E-state index in [1.807, 2.05) is 7.05 Å². The van der Waals surface area contributed by atoms with Crippen LogP contribution in [0.2, 0.25) is 0 Å². The van der Waals surface area contributed by atoms with Gasteiger partial charge in [-0.3, -0.25) is 0 Å². The summed E-state index contributed by atoms with van der Waals surface area (Å²) in [6.07, 6.45) is 3.74. The standard InChI is InChI=1S/C11H23NO/c1-8(2)9-4-5-11(12-3)10(6-9)7-13/h8-13H,4-7H2,1-3H3. The zero-order valence-electron chi connectivity index (χ0n) is 9.09. The number of nitrogens with one attached hydrogen (secondary N) is 1. The molecular weight excluding hydrogens is 162 g/mol. The van der Waals surface area contributed by atoms with Gasteiger partial charge >= 0.3 is 0 Å². The zero-order chi connectivity index (χ0) is 9.84. The fraction of sp³-hybridized carbons (Fsp3) is 1.00. The van der Waals surface area contributed by atoms with Crippen LogP contribution in [0.4, 0.5) is 0 Å². The molecule has 0 aromatic rings. The van der Waals surface area contributed by atoms with Gasteiger partial charge in [0.05, 0.1) is 0 Å². The molecule has 0 aromatic heterocycles. The molecule has 0 heterocycles. The molecule has 0 bridgehead atoms. The van der Waals surface area contributed by atoms with Crippen molar-refractivity contribution < 1.29 is 5.11 Å². The highest BCUT2D eigenvalue weighted by Gasteiger charge is 2.30. The first kappa shape index (κ1) is 11.0. The van der Waals surface area contributed by atoms with E-state index in [9.17, 15) is 5.11 Å². The molecule has 3 unspecified atom stereocenters. The predicted octanol–water partition coefficient (Wildman–Crippen LogP) is 1.64. The number of hydrogen-bond donors (Lipinski definition) is 2. The van der Waals surface area contributed by atoms with E-state index in [0.29, 0.717) is 18.6 Å². The second kappa shape index (κ2) is 4.97. The molecule has 2 heteroatoms. The maximum Gasteiger partial charge on any atom is 0.0474 e. The van der Waals surface area contributed by atoms with Crippen molar-refractivity contribution in [2.75, 3.05) is 13.7 Å². The summed E-state index contributed by atoms with van der Waals surface area (Å²) < 4.78 is 0. The van der Waals surface area contributed by atoms with E-state index in [1.165, 1.54) is 19.3 Å². The Balaban J connectivity index is 2.47. The first-order chi connectivity index (χ1) is 6.19. The third-order valence-corrected chi connectivity index (χ3v) is 3.57. The van der Waals surface area contributed by atoms with Gasteiger partial charge in [-0.2, -0.15) is 0 Å². The Morgan fingerprint density at radius 2 is 2.08 bits per heavy atom. The van der Waals surface area contributed by atoms with Gasteiger partial charge in [0.2, 0.25) is 0 Å². The third kappa shape index (κ3) is 2.68. The van der Waals surface area contributed by atoms with Crippen LogP contribution in [0.3, 0.4) is 0 Å². The molecule has 1 rings (SSSR count). The molecule has 13 heavy (non-hydrogen) atoms. The molecule has 0 aliphatic heterocycles. The van der Waals surface area contributed by atoms with E-state index in [-0.39, 0.29) is 0 Å². The van der Waals surface area contributed by atoms with Crippen molar-refractivity contribution >= 4 is 0 Å². The Morgan fingerprint density at radius 1 is 1.38 bits per heavy atom. The van der Waals surface area contributed by atoms with Crippen molar-refractivity contribution in [1.82, 2.24) is 5.32 Å². The third-order valence-electron chi connectivity index (χ3n) is 3.57. The Hall–Kier alpha value is -0.0800. The van der Waals surface area contributed by atoms with Crippen LogP contribution in [0, 0.1) is 17.8 Å². The van der Waals surface area contributed by atoms with E-state index in [4.69, 9.17) is 0 Å². The molecule has 1 fully saturated rings. The summed E-state index contributed by atoms with van der Waals surface area (Å²) in [4.78, 5) is 0. The van der Waals surface area contributed by atoms with Gasteiger partial charge < -0.3 is 10.4 Å². The van der Waals surface area contributed by atoms with Crippen LogP contribution in [0.1, 0.15) is 33.1 Å². The highest BCUT2D eigenvalue weighted by Crippen LogP contribution is 2.33. The number of rotatable bonds is 3. The van der Waals surface area contributed by atoms with Crippen LogP contribution >= 0.6 is 0 Å². The Labute approximate surface area is 81.7 Å². The van der Waals surface area contributed by atoms with Gasteiger partial charge in [0.1, 0.15) is 0 Å². The number of aliphatic hydroxyl groups is 1. The molecule has 0 radical (unpaired) electrons. The fourth-order valence-corrected chi connectivity index (χ4v) is 2.49. The van der Waals surface area contributed by atoms with Crippen molar-refractivity contribution in [3.8, 4) is 0 Å². The summed E-state index contributed by atoms with van der Waals surface area (Å²) >= 11 is 0. The van der Waals surface area contributed by atoms with Crippen molar-refractivity contribution in [3.63, 3.8) is 0 Å². The molecule has 0 amide bonds. The minimum Gasteiger partial charge on any atom is -0.396 e. The molecule has 0 aromatic carbocycles. The second-order valence-electron chi connectivity index (χ2n) is 4.65. The minimum absolute atomic E-state index is 0.342. The summed E-state index contributed by atoms with van der Waals surface area (Å²) in [7, 11) is 2.00. The van der Waals surface area contributed by atoms with Gasteiger partial charge in [-0.15, -0.1) is 0 Å². The molecule has 1 aliphatic rings. The second-order valence-corrected chi connectivity index (χ2v) is 4.65. The van der Waals surface area contributed by atoms with Crippen molar-refractivity contribution in [1.29, 1.82) is 0 Å². The van der Waals surface area contributed by atoms with Crippen LogP contribution < -0.4 is 5.32 Å². The largest absolute Gasteiger partial charge is 0.396 e. The quantitative estimate of drug-likeness (QED) is 0.700. The predicted molar refractivity (Wildman–Crippen MR) is 55.6 cm³/mol. The van der Waals surface area contributed by atoms with Gasteiger partial charge in [-0.1, -0.05) is 13.8 Å². The first-order valence-corrected chi connectivity index (χ1v) is 5.47. The smallest absolute Gasteiger partial charge is 0.0474 e. The van der Waals surface area contributed by atoms with Crippen molar-refractivity contribution in [2.24, 2.45) is 17.8 Å². The molecule has 1 aliphatic carbocycles. The van der Waals surface area contributed by atoms with Crippen LogP contribution in [-0.4, -0.2) is 24.8 Å². The summed E-state index contributed by atoms with van der Waals surface area (Å²) in [6.45, 7) is 4.92. The number of aliphatic hydroxyl groups excluding tert-OH is 1. The van der Waals surface area contributed by atoms with E-state index < -0.39 is 0 Å². The lowest BCUT2D eigenvalue weighted by Gasteiger charge is -2.36.